The number of aromatic nitrogens is 2. The summed E-state index contributed by atoms with van der Waals surface area (Å²) in [5.41, 5.74) is 0.241. The van der Waals surface area contributed by atoms with Gasteiger partial charge in [0, 0.05) is 12.4 Å². The van der Waals surface area contributed by atoms with Crippen LogP contribution in [0.4, 0.5) is 0 Å². The van der Waals surface area contributed by atoms with Crippen LogP contribution in [0, 0.1) is 0 Å². The Morgan fingerprint density at radius 2 is 2.31 bits per heavy atom. The van der Waals surface area contributed by atoms with Gasteiger partial charge in [-0.1, -0.05) is 5.16 Å². The number of hydrogen-bond acceptors (Lipinski definition) is 4. The number of carbonyl (C=O) groups is 1. The molecule has 0 saturated heterocycles. The van der Waals surface area contributed by atoms with E-state index in [1.165, 1.54) is 12.4 Å². The van der Waals surface area contributed by atoms with Crippen LogP contribution in [0.2, 0.25) is 0 Å². The Balaban J connectivity index is 2.84. The minimum atomic E-state index is -1.08. The van der Waals surface area contributed by atoms with Gasteiger partial charge >= 0.3 is 5.97 Å². The molecule has 0 bridgehead atoms. The average molecular weight is 243 g/mol. The summed E-state index contributed by atoms with van der Waals surface area (Å²) in [5.74, 6) is -1.08. The Labute approximate surface area is 80.5 Å². The molecule has 2 aromatic rings. The van der Waals surface area contributed by atoms with Crippen LogP contribution < -0.4 is 0 Å². The lowest BCUT2D eigenvalue weighted by Crippen LogP contribution is -1.96. The van der Waals surface area contributed by atoms with Crippen LogP contribution in [0.25, 0.3) is 11.0 Å². The van der Waals surface area contributed by atoms with Crippen molar-refractivity contribution in [2.24, 2.45) is 0 Å². The molecule has 2 heterocycles. The molecule has 1 N–H and O–H groups in total. The van der Waals surface area contributed by atoms with Crippen LogP contribution in [0.5, 0.6) is 0 Å². The predicted molar refractivity (Wildman–Crippen MR) is 46.5 cm³/mol. The number of fused-ring (bicyclic) bond motifs is 1. The van der Waals surface area contributed by atoms with E-state index < -0.39 is 5.97 Å². The Hall–Kier alpha value is -1.43. The number of rotatable bonds is 1. The van der Waals surface area contributed by atoms with Gasteiger partial charge in [-0.2, -0.15) is 0 Å². The van der Waals surface area contributed by atoms with Crippen molar-refractivity contribution >= 4 is 32.9 Å². The minimum absolute atomic E-state index is 0.00991. The number of nitrogens with zero attached hydrogens (tertiary/aromatic N) is 2. The van der Waals surface area contributed by atoms with E-state index in [9.17, 15) is 4.79 Å². The van der Waals surface area contributed by atoms with E-state index in [2.05, 4.69) is 26.1 Å². The third-order valence-electron chi connectivity index (χ3n) is 1.57. The highest BCUT2D eigenvalue weighted by molar-refractivity contribution is 9.10. The first-order valence-corrected chi connectivity index (χ1v) is 4.11. The second-order valence-corrected chi connectivity index (χ2v) is 3.09. The topological polar surface area (TPSA) is 76.2 Å². The van der Waals surface area contributed by atoms with Crippen LogP contribution in [0.3, 0.4) is 0 Å². The fourth-order valence-corrected chi connectivity index (χ4v) is 1.34. The lowest BCUT2D eigenvalue weighted by molar-refractivity contribution is 0.0697. The SMILES string of the molecule is O=C(O)c1cncc2c(Br)noc12. The molecule has 0 unspecified atom stereocenters. The van der Waals surface area contributed by atoms with Gasteiger partial charge in [0.05, 0.1) is 5.39 Å². The largest absolute Gasteiger partial charge is 0.477 e. The zero-order valence-electron chi connectivity index (χ0n) is 6.19. The monoisotopic (exact) mass is 242 g/mol. The van der Waals surface area contributed by atoms with E-state index in [1.54, 1.807) is 0 Å². The third-order valence-corrected chi connectivity index (χ3v) is 2.14. The molecular weight excluding hydrogens is 240 g/mol. The second-order valence-electron chi connectivity index (χ2n) is 2.34. The standard InChI is InChI=1S/C7H3BrN2O3/c8-6-3-1-9-2-4(7(11)12)5(3)13-10-6/h1-2H,(H,11,12). The lowest BCUT2D eigenvalue weighted by atomic mass is 10.2. The van der Waals surface area contributed by atoms with Crippen LogP contribution in [-0.4, -0.2) is 21.2 Å². The van der Waals surface area contributed by atoms with Gasteiger partial charge in [-0.15, -0.1) is 0 Å². The molecule has 0 spiro atoms. The molecule has 5 nitrogen and oxygen atoms in total. The molecule has 0 fully saturated rings. The van der Waals surface area contributed by atoms with E-state index >= 15 is 0 Å². The molecule has 6 heteroatoms. The van der Waals surface area contributed by atoms with Gasteiger partial charge in [-0.05, 0) is 15.9 Å². The van der Waals surface area contributed by atoms with Gasteiger partial charge in [0.15, 0.2) is 10.2 Å². The number of aromatic carboxylic acids is 1. The molecule has 66 valence electrons. The van der Waals surface area contributed by atoms with Gasteiger partial charge in [-0.3, -0.25) is 4.98 Å². The Bertz CT molecular complexity index is 480. The third kappa shape index (κ3) is 1.19. The molecule has 0 aliphatic carbocycles. The van der Waals surface area contributed by atoms with E-state index in [0.717, 1.165) is 0 Å². The predicted octanol–water partition coefficient (Wildman–Crippen LogP) is 1.68. The highest BCUT2D eigenvalue weighted by atomic mass is 79.9. The molecule has 0 aromatic carbocycles. The van der Waals surface area contributed by atoms with Crippen molar-refractivity contribution in [2.75, 3.05) is 0 Å². The quantitative estimate of drug-likeness (QED) is 0.824. The van der Waals surface area contributed by atoms with Crippen LogP contribution in [-0.2, 0) is 0 Å². The maximum absolute atomic E-state index is 10.7. The summed E-state index contributed by atoms with van der Waals surface area (Å²) in [6.45, 7) is 0. The number of hydrogen-bond donors (Lipinski definition) is 1. The van der Waals surface area contributed by atoms with E-state index in [-0.39, 0.29) is 11.1 Å². The Kier molecular flexibility index (Phi) is 1.77. The maximum atomic E-state index is 10.7. The summed E-state index contributed by atoms with van der Waals surface area (Å²) < 4.78 is 5.28. The van der Waals surface area contributed by atoms with Crippen molar-refractivity contribution in [1.82, 2.24) is 10.1 Å². The first-order chi connectivity index (χ1) is 6.20. The van der Waals surface area contributed by atoms with Crippen molar-refractivity contribution in [2.45, 2.75) is 0 Å². The van der Waals surface area contributed by atoms with Crippen molar-refractivity contribution in [1.29, 1.82) is 0 Å². The van der Waals surface area contributed by atoms with Gasteiger partial charge in [0.25, 0.3) is 0 Å². The number of halogens is 1. The highest BCUT2D eigenvalue weighted by Gasteiger charge is 2.15. The molecule has 0 amide bonds. The molecule has 0 aliphatic rings. The Morgan fingerprint density at radius 3 is 3.00 bits per heavy atom. The fraction of sp³-hybridized carbons (Fsp3) is 0. The van der Waals surface area contributed by atoms with Crippen molar-refractivity contribution in [3.63, 3.8) is 0 Å². The molecule has 0 radical (unpaired) electrons. The summed E-state index contributed by atoms with van der Waals surface area (Å²) >= 11 is 3.11. The van der Waals surface area contributed by atoms with Gasteiger partial charge in [-0.25, -0.2) is 4.79 Å². The minimum Gasteiger partial charge on any atom is -0.477 e. The van der Waals surface area contributed by atoms with Crippen molar-refractivity contribution in [3.05, 3.63) is 22.6 Å². The molecule has 2 aromatic heterocycles. The summed E-state index contributed by atoms with van der Waals surface area (Å²) in [4.78, 5) is 14.4. The van der Waals surface area contributed by atoms with Crippen LogP contribution in [0.15, 0.2) is 21.5 Å². The number of pyridine rings is 1. The second kappa shape index (κ2) is 2.81. The highest BCUT2D eigenvalue weighted by Crippen LogP contribution is 2.24. The van der Waals surface area contributed by atoms with Crippen molar-refractivity contribution < 1.29 is 14.4 Å². The lowest BCUT2D eigenvalue weighted by Gasteiger charge is -1.91. The van der Waals surface area contributed by atoms with E-state index in [1.807, 2.05) is 0 Å². The van der Waals surface area contributed by atoms with Gasteiger partial charge in [0.2, 0.25) is 0 Å². The number of carboxylic acid groups (broad SMARTS) is 1. The smallest absolute Gasteiger partial charge is 0.341 e. The summed E-state index contributed by atoms with van der Waals surface area (Å²) in [6, 6.07) is 0. The van der Waals surface area contributed by atoms with E-state index in [4.69, 9.17) is 9.63 Å². The Morgan fingerprint density at radius 1 is 1.54 bits per heavy atom. The summed E-state index contributed by atoms with van der Waals surface area (Å²) in [5, 5.41) is 12.9. The summed E-state index contributed by atoms with van der Waals surface area (Å²) in [7, 11) is 0. The first-order valence-electron chi connectivity index (χ1n) is 3.32. The normalized spacial score (nSPS) is 10.5. The first kappa shape index (κ1) is 8.18. The molecule has 0 aliphatic heterocycles. The zero-order chi connectivity index (χ0) is 9.42. The fourth-order valence-electron chi connectivity index (χ4n) is 0.981. The maximum Gasteiger partial charge on any atom is 0.341 e. The van der Waals surface area contributed by atoms with Gasteiger partial charge < -0.3 is 9.63 Å². The summed E-state index contributed by atoms with van der Waals surface area (Å²) in [6.07, 6.45) is 2.71. The van der Waals surface area contributed by atoms with Crippen molar-refractivity contribution in [3.8, 4) is 0 Å². The molecule has 2 rings (SSSR count). The van der Waals surface area contributed by atoms with Crippen LogP contribution in [0.1, 0.15) is 10.4 Å². The van der Waals surface area contributed by atoms with E-state index in [0.29, 0.717) is 9.99 Å². The number of carboxylic acids is 1. The van der Waals surface area contributed by atoms with Gasteiger partial charge in [0.1, 0.15) is 5.56 Å². The molecule has 13 heavy (non-hydrogen) atoms. The van der Waals surface area contributed by atoms with Crippen LogP contribution >= 0.6 is 15.9 Å². The molecule has 0 atom stereocenters. The molecular formula is C7H3BrN2O3. The molecule has 0 saturated carbocycles. The average Bonchev–Trinajstić information content (AvgIpc) is 2.48. The zero-order valence-corrected chi connectivity index (χ0v) is 7.78.